The molecule has 1 amide bonds. The Morgan fingerprint density at radius 1 is 1.30 bits per heavy atom. The molecule has 1 aromatic carbocycles. The monoisotopic (exact) mass is 374 g/mol. The van der Waals surface area contributed by atoms with E-state index >= 15 is 0 Å². The van der Waals surface area contributed by atoms with Gasteiger partial charge in [0.1, 0.15) is 11.6 Å². The quantitative estimate of drug-likeness (QED) is 0.767. The van der Waals surface area contributed by atoms with E-state index in [0.29, 0.717) is 38.3 Å². The molecule has 0 N–H and O–H groups in total. The van der Waals surface area contributed by atoms with Crippen molar-refractivity contribution >= 4 is 17.4 Å². The predicted molar refractivity (Wildman–Crippen MR) is 101 cm³/mol. The highest BCUT2D eigenvalue weighted by Crippen LogP contribution is 2.23. The number of piperidine rings is 1. The number of carbonyl (C=O) groups is 2. The number of ketones is 1. The molecule has 1 fully saturated rings. The molecule has 0 aliphatic carbocycles. The zero-order chi connectivity index (χ0) is 19.4. The highest BCUT2D eigenvalue weighted by atomic mass is 19.1. The first-order valence-electron chi connectivity index (χ1n) is 9.70. The second-order valence-electron chi connectivity index (χ2n) is 7.95. The van der Waals surface area contributed by atoms with Gasteiger partial charge < -0.3 is 9.74 Å². The molecule has 1 saturated heterocycles. The van der Waals surface area contributed by atoms with E-state index in [2.05, 4.69) is 5.16 Å². The molecule has 146 valence electrons. The minimum absolute atomic E-state index is 0.0638. The van der Waals surface area contributed by atoms with Crippen LogP contribution in [0.1, 0.15) is 45.1 Å². The Bertz CT molecular complexity index is 715. The van der Waals surface area contributed by atoms with E-state index < -0.39 is 6.10 Å². The molecule has 0 unspecified atom stereocenters. The number of rotatable bonds is 6. The van der Waals surface area contributed by atoms with E-state index in [1.165, 1.54) is 12.1 Å². The highest BCUT2D eigenvalue weighted by Gasteiger charge is 2.35. The first-order valence-corrected chi connectivity index (χ1v) is 9.70. The molecular formula is C21H27FN2O3. The summed E-state index contributed by atoms with van der Waals surface area (Å²) in [4.78, 5) is 32.3. The highest BCUT2D eigenvalue weighted by molar-refractivity contribution is 5.94. The van der Waals surface area contributed by atoms with Crippen molar-refractivity contribution in [2.75, 3.05) is 13.1 Å². The van der Waals surface area contributed by atoms with Crippen molar-refractivity contribution in [1.29, 1.82) is 0 Å². The molecular weight excluding hydrogens is 347 g/mol. The van der Waals surface area contributed by atoms with Gasteiger partial charge in [0.15, 0.2) is 0 Å². The molecule has 0 saturated carbocycles. The Labute approximate surface area is 159 Å². The summed E-state index contributed by atoms with van der Waals surface area (Å²) in [5.41, 5.74) is 1.72. The van der Waals surface area contributed by atoms with Crippen LogP contribution in [0.3, 0.4) is 0 Å². The van der Waals surface area contributed by atoms with Gasteiger partial charge in [0.05, 0.1) is 5.71 Å². The number of hydrogen-bond donors (Lipinski definition) is 0. The van der Waals surface area contributed by atoms with Crippen molar-refractivity contribution in [3.05, 3.63) is 35.6 Å². The first-order chi connectivity index (χ1) is 12.9. The third kappa shape index (κ3) is 5.15. The molecule has 2 heterocycles. The maximum atomic E-state index is 13.0. The predicted octanol–water partition coefficient (Wildman–Crippen LogP) is 3.37. The lowest BCUT2D eigenvalue weighted by Gasteiger charge is -2.33. The van der Waals surface area contributed by atoms with Crippen molar-refractivity contribution in [2.24, 2.45) is 17.0 Å². The summed E-state index contributed by atoms with van der Waals surface area (Å²) in [5.74, 6) is 0.163. The van der Waals surface area contributed by atoms with Crippen LogP contribution in [0.5, 0.6) is 0 Å². The summed E-state index contributed by atoms with van der Waals surface area (Å²) in [6, 6.07) is 6.25. The fourth-order valence-electron chi connectivity index (χ4n) is 3.71. The van der Waals surface area contributed by atoms with E-state index in [1.54, 1.807) is 17.0 Å². The van der Waals surface area contributed by atoms with Gasteiger partial charge in [-0.25, -0.2) is 4.39 Å². The Balaban J connectivity index is 1.52. The van der Waals surface area contributed by atoms with Crippen LogP contribution in [0.15, 0.2) is 29.4 Å². The van der Waals surface area contributed by atoms with Crippen LogP contribution in [0.25, 0.3) is 0 Å². The van der Waals surface area contributed by atoms with Gasteiger partial charge in [0.25, 0.3) is 5.91 Å². The standard InChI is InChI=1S/C21H27FN2O3/c1-14(2)10-19(25)16-4-3-9-24(13-16)21(26)20-12-18(23-27-20)11-15-5-7-17(22)8-6-15/h5-8,14,16,20H,3-4,9-13H2,1-2H3/t16-,20+/m1/s1. The first kappa shape index (κ1) is 19.5. The number of benzene rings is 1. The summed E-state index contributed by atoms with van der Waals surface area (Å²) < 4.78 is 13.0. The molecule has 2 aliphatic rings. The number of Topliss-reactive ketones (excluding diaryl/α,β-unsaturated/α-hetero) is 1. The summed E-state index contributed by atoms with van der Waals surface area (Å²) in [7, 11) is 0. The largest absolute Gasteiger partial charge is 0.382 e. The number of hydrogen-bond acceptors (Lipinski definition) is 4. The van der Waals surface area contributed by atoms with E-state index in [9.17, 15) is 14.0 Å². The summed E-state index contributed by atoms with van der Waals surface area (Å²) in [6.45, 7) is 5.22. The third-order valence-corrected chi connectivity index (χ3v) is 5.12. The maximum Gasteiger partial charge on any atom is 0.266 e. The second kappa shape index (κ2) is 8.63. The van der Waals surface area contributed by atoms with Gasteiger partial charge in [0, 0.05) is 38.3 Å². The SMILES string of the molecule is CC(C)CC(=O)[C@@H]1CCCN(C(=O)[C@@H]2CC(Cc3ccc(F)cc3)=NO2)C1. The van der Waals surface area contributed by atoms with E-state index in [1.807, 2.05) is 13.8 Å². The van der Waals surface area contributed by atoms with Crippen LogP contribution >= 0.6 is 0 Å². The van der Waals surface area contributed by atoms with Crippen molar-refractivity contribution in [3.8, 4) is 0 Å². The van der Waals surface area contributed by atoms with Crippen molar-refractivity contribution in [3.63, 3.8) is 0 Å². The molecule has 2 aliphatic heterocycles. The number of amides is 1. The topological polar surface area (TPSA) is 59.0 Å². The van der Waals surface area contributed by atoms with E-state index in [0.717, 1.165) is 24.1 Å². The van der Waals surface area contributed by atoms with Crippen LogP contribution in [0.4, 0.5) is 4.39 Å². The van der Waals surface area contributed by atoms with Crippen LogP contribution < -0.4 is 0 Å². The van der Waals surface area contributed by atoms with Crippen LogP contribution in [-0.2, 0) is 20.8 Å². The van der Waals surface area contributed by atoms with E-state index in [-0.39, 0.29) is 23.4 Å². The molecule has 27 heavy (non-hydrogen) atoms. The van der Waals surface area contributed by atoms with Gasteiger partial charge in [-0.1, -0.05) is 31.1 Å². The summed E-state index contributed by atoms with van der Waals surface area (Å²) in [6.07, 6.45) is 2.64. The number of carbonyl (C=O) groups excluding carboxylic acids is 2. The molecule has 2 atom stereocenters. The fraction of sp³-hybridized carbons (Fsp3) is 0.571. The Kier molecular flexibility index (Phi) is 6.24. The normalized spacial score (nSPS) is 22.5. The third-order valence-electron chi connectivity index (χ3n) is 5.12. The average molecular weight is 374 g/mol. The second-order valence-corrected chi connectivity index (χ2v) is 7.95. The lowest BCUT2D eigenvalue weighted by atomic mass is 9.89. The fourth-order valence-corrected chi connectivity index (χ4v) is 3.71. The summed E-state index contributed by atoms with van der Waals surface area (Å²) in [5, 5.41) is 4.05. The smallest absolute Gasteiger partial charge is 0.266 e. The zero-order valence-electron chi connectivity index (χ0n) is 16.0. The Morgan fingerprint density at radius 2 is 2.04 bits per heavy atom. The van der Waals surface area contributed by atoms with Crippen LogP contribution in [0, 0.1) is 17.7 Å². The molecule has 5 nitrogen and oxygen atoms in total. The van der Waals surface area contributed by atoms with Crippen molar-refractivity contribution in [2.45, 2.75) is 52.1 Å². The lowest BCUT2D eigenvalue weighted by molar-refractivity contribution is -0.145. The van der Waals surface area contributed by atoms with Gasteiger partial charge in [-0.2, -0.15) is 0 Å². The van der Waals surface area contributed by atoms with Gasteiger partial charge >= 0.3 is 0 Å². The number of halogens is 1. The molecule has 0 radical (unpaired) electrons. The molecule has 0 spiro atoms. The molecule has 0 aromatic heterocycles. The average Bonchev–Trinajstić information content (AvgIpc) is 3.11. The van der Waals surface area contributed by atoms with Crippen LogP contribution in [0.2, 0.25) is 0 Å². The van der Waals surface area contributed by atoms with Gasteiger partial charge in [0.2, 0.25) is 6.10 Å². The zero-order valence-corrected chi connectivity index (χ0v) is 16.0. The molecule has 0 bridgehead atoms. The molecule has 3 rings (SSSR count). The van der Waals surface area contributed by atoms with Gasteiger partial charge in [-0.05, 0) is 36.5 Å². The van der Waals surface area contributed by atoms with E-state index in [4.69, 9.17) is 4.84 Å². The van der Waals surface area contributed by atoms with Crippen molar-refractivity contribution in [1.82, 2.24) is 4.90 Å². The van der Waals surface area contributed by atoms with Crippen LogP contribution in [-0.4, -0.2) is 41.5 Å². The Hall–Kier alpha value is -2.24. The number of nitrogens with zero attached hydrogens (tertiary/aromatic N) is 2. The Morgan fingerprint density at radius 3 is 2.74 bits per heavy atom. The van der Waals surface area contributed by atoms with Gasteiger partial charge in [-0.3, -0.25) is 9.59 Å². The summed E-state index contributed by atoms with van der Waals surface area (Å²) >= 11 is 0. The number of oxime groups is 1. The van der Waals surface area contributed by atoms with Gasteiger partial charge in [-0.15, -0.1) is 0 Å². The minimum atomic E-state index is -0.612. The van der Waals surface area contributed by atoms with Crippen molar-refractivity contribution < 1.29 is 18.8 Å². The number of likely N-dealkylation sites (tertiary alicyclic amines) is 1. The lowest BCUT2D eigenvalue weighted by Crippen LogP contribution is -2.46. The maximum absolute atomic E-state index is 13.0. The minimum Gasteiger partial charge on any atom is -0.382 e. The molecule has 6 heteroatoms. The molecule has 1 aromatic rings.